The number of aryl methyl sites for hydroxylation is 2. The molecule has 0 unspecified atom stereocenters. The number of rotatable bonds is 5. The Labute approximate surface area is 152 Å². The first-order valence-electron chi connectivity index (χ1n) is 8.34. The first-order valence-corrected chi connectivity index (χ1v) is 8.34. The molecule has 5 heteroatoms. The third-order valence-corrected chi connectivity index (χ3v) is 4.21. The highest BCUT2D eigenvalue weighted by atomic mass is 19.1. The Kier molecular flexibility index (Phi) is 5.27. The van der Waals surface area contributed by atoms with Crippen molar-refractivity contribution >= 4 is 17.3 Å². The lowest BCUT2D eigenvalue weighted by atomic mass is 10.1. The molecule has 0 radical (unpaired) electrons. The van der Waals surface area contributed by atoms with Crippen molar-refractivity contribution in [1.29, 1.82) is 0 Å². The van der Waals surface area contributed by atoms with E-state index in [0.717, 1.165) is 11.3 Å². The first-order chi connectivity index (χ1) is 12.5. The number of nitrogens with zero attached hydrogens (tertiary/aromatic N) is 1. The lowest BCUT2D eigenvalue weighted by Gasteiger charge is -2.10. The van der Waals surface area contributed by atoms with E-state index in [1.807, 2.05) is 32.0 Å². The van der Waals surface area contributed by atoms with Crippen molar-refractivity contribution in [1.82, 2.24) is 4.98 Å². The molecule has 0 fully saturated rings. The zero-order chi connectivity index (χ0) is 18.5. The Morgan fingerprint density at radius 1 is 1.00 bits per heavy atom. The van der Waals surface area contributed by atoms with Gasteiger partial charge in [-0.3, -0.25) is 9.78 Å². The highest BCUT2D eigenvalue weighted by molar-refractivity contribution is 6.04. The van der Waals surface area contributed by atoms with Gasteiger partial charge in [0.15, 0.2) is 0 Å². The van der Waals surface area contributed by atoms with Crippen LogP contribution in [0.1, 0.15) is 27.0 Å². The largest absolute Gasteiger partial charge is 0.380 e. The minimum atomic E-state index is -0.267. The molecule has 26 heavy (non-hydrogen) atoms. The van der Waals surface area contributed by atoms with Crippen molar-refractivity contribution < 1.29 is 9.18 Å². The maximum atomic E-state index is 13.7. The number of amides is 1. The number of benzene rings is 2. The number of hydrogen-bond acceptors (Lipinski definition) is 3. The van der Waals surface area contributed by atoms with Crippen LogP contribution in [-0.2, 0) is 6.54 Å². The Morgan fingerprint density at radius 3 is 2.58 bits per heavy atom. The van der Waals surface area contributed by atoms with Crippen LogP contribution in [0.4, 0.5) is 15.8 Å². The average molecular weight is 349 g/mol. The van der Waals surface area contributed by atoms with E-state index in [9.17, 15) is 9.18 Å². The highest BCUT2D eigenvalue weighted by Crippen LogP contribution is 2.17. The van der Waals surface area contributed by atoms with Crippen molar-refractivity contribution in [2.75, 3.05) is 10.6 Å². The molecule has 0 saturated heterocycles. The van der Waals surface area contributed by atoms with Crippen LogP contribution < -0.4 is 10.6 Å². The van der Waals surface area contributed by atoms with E-state index < -0.39 is 0 Å². The average Bonchev–Trinajstić information content (AvgIpc) is 2.64. The molecule has 4 nitrogen and oxygen atoms in total. The van der Waals surface area contributed by atoms with Gasteiger partial charge in [0.2, 0.25) is 0 Å². The normalized spacial score (nSPS) is 10.4. The number of pyridine rings is 1. The summed E-state index contributed by atoms with van der Waals surface area (Å²) in [6.07, 6.45) is 3.11. The Bertz CT molecular complexity index is 940. The first kappa shape index (κ1) is 17.6. The second-order valence-corrected chi connectivity index (χ2v) is 6.16. The highest BCUT2D eigenvalue weighted by Gasteiger charge is 2.09. The quantitative estimate of drug-likeness (QED) is 0.702. The van der Waals surface area contributed by atoms with Gasteiger partial charge in [-0.25, -0.2) is 4.39 Å². The standard InChI is InChI=1S/C21H20FN3O/c1-14-7-8-18(9-15(14)2)25-21(26)17-10-19(13-23-11-17)24-12-16-5-3-4-6-20(16)22/h3-11,13,24H,12H2,1-2H3,(H,25,26). The van der Waals surface area contributed by atoms with Gasteiger partial charge in [0.05, 0.1) is 11.3 Å². The fourth-order valence-corrected chi connectivity index (χ4v) is 2.52. The maximum Gasteiger partial charge on any atom is 0.257 e. The van der Waals surface area contributed by atoms with Gasteiger partial charge < -0.3 is 10.6 Å². The van der Waals surface area contributed by atoms with E-state index in [1.54, 1.807) is 30.5 Å². The van der Waals surface area contributed by atoms with Crippen molar-refractivity contribution in [3.05, 3.63) is 89.0 Å². The molecule has 2 aromatic carbocycles. The van der Waals surface area contributed by atoms with E-state index in [4.69, 9.17) is 0 Å². The lowest BCUT2D eigenvalue weighted by Crippen LogP contribution is -2.13. The summed E-state index contributed by atoms with van der Waals surface area (Å²) in [6.45, 7) is 4.34. The van der Waals surface area contributed by atoms with Crippen molar-refractivity contribution in [3.63, 3.8) is 0 Å². The van der Waals surface area contributed by atoms with E-state index in [1.165, 1.54) is 17.8 Å². The summed E-state index contributed by atoms with van der Waals surface area (Å²) in [6, 6.07) is 14.0. The SMILES string of the molecule is Cc1ccc(NC(=O)c2cncc(NCc3ccccc3F)c2)cc1C. The molecule has 3 aromatic rings. The van der Waals surface area contributed by atoms with Gasteiger partial charge in [0.1, 0.15) is 5.82 Å². The molecule has 0 atom stereocenters. The van der Waals surface area contributed by atoms with Gasteiger partial charge in [0.25, 0.3) is 5.91 Å². The molecule has 0 aliphatic carbocycles. The van der Waals surface area contributed by atoms with E-state index in [0.29, 0.717) is 23.4 Å². The maximum absolute atomic E-state index is 13.7. The fraction of sp³-hybridized carbons (Fsp3) is 0.143. The molecule has 3 rings (SSSR count). The Morgan fingerprint density at radius 2 is 1.81 bits per heavy atom. The Hall–Kier alpha value is -3.21. The number of hydrogen-bond donors (Lipinski definition) is 2. The van der Waals surface area contributed by atoms with Gasteiger partial charge in [0, 0.05) is 30.2 Å². The van der Waals surface area contributed by atoms with Crippen molar-refractivity contribution in [2.45, 2.75) is 20.4 Å². The summed E-state index contributed by atoms with van der Waals surface area (Å²) < 4.78 is 13.7. The monoisotopic (exact) mass is 349 g/mol. The molecule has 1 amide bonds. The predicted molar refractivity (Wildman–Crippen MR) is 102 cm³/mol. The number of carbonyl (C=O) groups excluding carboxylic acids is 1. The van der Waals surface area contributed by atoms with Gasteiger partial charge in [-0.1, -0.05) is 24.3 Å². The topological polar surface area (TPSA) is 54.0 Å². The van der Waals surface area contributed by atoms with E-state index in [2.05, 4.69) is 15.6 Å². The molecule has 0 saturated carbocycles. The van der Waals surface area contributed by atoms with Crippen LogP contribution in [0.15, 0.2) is 60.9 Å². The molecule has 0 spiro atoms. The Balaban J connectivity index is 1.69. The van der Waals surface area contributed by atoms with Crippen LogP contribution in [0.3, 0.4) is 0 Å². The third-order valence-electron chi connectivity index (χ3n) is 4.21. The zero-order valence-corrected chi connectivity index (χ0v) is 14.7. The molecular formula is C21H20FN3O. The zero-order valence-electron chi connectivity index (χ0n) is 14.7. The smallest absolute Gasteiger partial charge is 0.257 e. The van der Waals surface area contributed by atoms with E-state index in [-0.39, 0.29) is 11.7 Å². The van der Waals surface area contributed by atoms with Gasteiger partial charge in [-0.15, -0.1) is 0 Å². The molecule has 0 aliphatic heterocycles. The van der Waals surface area contributed by atoms with Crippen LogP contribution in [0.2, 0.25) is 0 Å². The van der Waals surface area contributed by atoms with Crippen molar-refractivity contribution in [3.8, 4) is 0 Å². The van der Waals surface area contributed by atoms with Crippen molar-refractivity contribution in [2.24, 2.45) is 0 Å². The molecule has 1 heterocycles. The molecule has 1 aromatic heterocycles. The van der Waals surface area contributed by atoms with Gasteiger partial charge in [-0.05, 0) is 49.2 Å². The third kappa shape index (κ3) is 4.25. The van der Waals surface area contributed by atoms with Crippen LogP contribution in [0.5, 0.6) is 0 Å². The van der Waals surface area contributed by atoms with Gasteiger partial charge in [-0.2, -0.15) is 0 Å². The number of halogens is 1. The van der Waals surface area contributed by atoms with Crippen LogP contribution in [0.25, 0.3) is 0 Å². The molecule has 132 valence electrons. The second kappa shape index (κ2) is 7.78. The number of nitrogens with one attached hydrogen (secondary N) is 2. The fourth-order valence-electron chi connectivity index (χ4n) is 2.52. The predicted octanol–water partition coefficient (Wildman–Crippen LogP) is 4.70. The molecular weight excluding hydrogens is 329 g/mol. The summed E-state index contributed by atoms with van der Waals surface area (Å²) in [5.74, 6) is -0.508. The van der Waals surface area contributed by atoms with Crippen LogP contribution >= 0.6 is 0 Å². The molecule has 0 aliphatic rings. The van der Waals surface area contributed by atoms with Gasteiger partial charge >= 0.3 is 0 Å². The molecule has 0 bridgehead atoms. The number of anilines is 2. The van der Waals surface area contributed by atoms with Crippen LogP contribution in [0, 0.1) is 19.7 Å². The number of carbonyl (C=O) groups is 1. The summed E-state index contributed by atoms with van der Waals surface area (Å²) in [5, 5.41) is 5.96. The number of aromatic nitrogens is 1. The molecule has 2 N–H and O–H groups in total. The summed E-state index contributed by atoms with van der Waals surface area (Å²) in [5.41, 5.74) is 4.66. The van der Waals surface area contributed by atoms with E-state index >= 15 is 0 Å². The second-order valence-electron chi connectivity index (χ2n) is 6.16. The minimum Gasteiger partial charge on any atom is -0.380 e. The van der Waals surface area contributed by atoms with Crippen LogP contribution in [-0.4, -0.2) is 10.9 Å². The minimum absolute atomic E-state index is 0.240. The summed E-state index contributed by atoms with van der Waals surface area (Å²) in [4.78, 5) is 16.5. The summed E-state index contributed by atoms with van der Waals surface area (Å²) in [7, 11) is 0. The summed E-state index contributed by atoms with van der Waals surface area (Å²) >= 11 is 0. The lowest BCUT2D eigenvalue weighted by molar-refractivity contribution is 0.102.